The van der Waals surface area contributed by atoms with Crippen molar-refractivity contribution in [2.75, 3.05) is 55.6 Å². The number of nitrogens with two attached hydrogens (primary N) is 1. The van der Waals surface area contributed by atoms with Gasteiger partial charge in [-0.3, -0.25) is 0 Å². The van der Waals surface area contributed by atoms with E-state index in [1.165, 1.54) is 0 Å². The zero-order valence-electron chi connectivity index (χ0n) is 17.3. The number of nitrogens with zero attached hydrogens (tertiary/aromatic N) is 5. The lowest BCUT2D eigenvalue weighted by molar-refractivity contribution is 0.356. The smallest absolute Gasteiger partial charge is 0.225 e. The SMILES string of the molecule is CNc1cc(N2CCCC2CNc2nc(N)c3cc(OC)c(OC)cc3n2)ncn1. The topological polar surface area (TPSA) is 123 Å². The van der Waals surface area contributed by atoms with E-state index in [0.29, 0.717) is 35.3 Å². The lowest BCUT2D eigenvalue weighted by atomic mass is 10.2. The van der Waals surface area contributed by atoms with Gasteiger partial charge in [0.25, 0.3) is 0 Å². The Kier molecular flexibility index (Phi) is 5.55. The van der Waals surface area contributed by atoms with Crippen LogP contribution >= 0.6 is 0 Å². The van der Waals surface area contributed by atoms with Crippen LogP contribution in [0.15, 0.2) is 24.5 Å². The molecule has 0 aliphatic carbocycles. The quantitative estimate of drug-likeness (QED) is 0.534. The van der Waals surface area contributed by atoms with Gasteiger partial charge >= 0.3 is 0 Å². The highest BCUT2D eigenvalue weighted by Crippen LogP contribution is 2.33. The van der Waals surface area contributed by atoms with E-state index < -0.39 is 0 Å². The summed E-state index contributed by atoms with van der Waals surface area (Å²) in [6.07, 6.45) is 3.74. The van der Waals surface area contributed by atoms with Crippen molar-refractivity contribution in [1.29, 1.82) is 0 Å². The summed E-state index contributed by atoms with van der Waals surface area (Å²) in [7, 11) is 5.02. The molecule has 0 spiro atoms. The maximum Gasteiger partial charge on any atom is 0.225 e. The number of hydrogen-bond acceptors (Lipinski definition) is 10. The third kappa shape index (κ3) is 3.80. The van der Waals surface area contributed by atoms with Crippen molar-refractivity contribution in [2.45, 2.75) is 18.9 Å². The maximum absolute atomic E-state index is 6.18. The van der Waals surface area contributed by atoms with Crippen LogP contribution in [0.5, 0.6) is 11.5 Å². The van der Waals surface area contributed by atoms with Crippen LogP contribution in [0.25, 0.3) is 10.9 Å². The van der Waals surface area contributed by atoms with Gasteiger partial charge in [-0.1, -0.05) is 0 Å². The fourth-order valence-electron chi connectivity index (χ4n) is 3.76. The fourth-order valence-corrected chi connectivity index (χ4v) is 3.76. The Morgan fingerprint density at radius 3 is 2.70 bits per heavy atom. The van der Waals surface area contributed by atoms with E-state index in [1.54, 1.807) is 32.7 Å². The van der Waals surface area contributed by atoms with E-state index >= 15 is 0 Å². The van der Waals surface area contributed by atoms with Crippen LogP contribution in [-0.2, 0) is 0 Å². The molecule has 3 aromatic rings. The fraction of sp³-hybridized carbons (Fsp3) is 0.400. The third-order valence-corrected chi connectivity index (χ3v) is 5.31. The summed E-state index contributed by atoms with van der Waals surface area (Å²) >= 11 is 0. The molecule has 0 amide bonds. The zero-order valence-corrected chi connectivity index (χ0v) is 17.3. The number of hydrogen-bond donors (Lipinski definition) is 3. The van der Waals surface area contributed by atoms with Crippen molar-refractivity contribution >= 4 is 34.3 Å². The molecule has 0 bridgehead atoms. The number of rotatable bonds is 7. The lowest BCUT2D eigenvalue weighted by Gasteiger charge is -2.26. The van der Waals surface area contributed by atoms with Gasteiger partial charge in [-0.15, -0.1) is 0 Å². The second kappa shape index (κ2) is 8.44. The van der Waals surface area contributed by atoms with E-state index in [9.17, 15) is 0 Å². The van der Waals surface area contributed by atoms with E-state index in [0.717, 1.165) is 36.4 Å². The monoisotopic (exact) mass is 410 g/mol. The van der Waals surface area contributed by atoms with Gasteiger partial charge in [0.1, 0.15) is 23.8 Å². The Balaban J connectivity index is 1.53. The molecule has 1 aliphatic heterocycles. The number of benzene rings is 1. The number of nitrogen functional groups attached to an aromatic ring is 1. The van der Waals surface area contributed by atoms with Crippen molar-refractivity contribution in [3.8, 4) is 11.5 Å². The Hall–Kier alpha value is -3.56. The first-order chi connectivity index (χ1) is 14.6. The zero-order chi connectivity index (χ0) is 21.1. The minimum atomic E-state index is 0.274. The van der Waals surface area contributed by atoms with Gasteiger partial charge in [-0.2, -0.15) is 4.98 Å². The molecule has 1 saturated heterocycles. The predicted octanol–water partition coefficient (Wildman–Crippen LogP) is 2.14. The Morgan fingerprint density at radius 1 is 1.13 bits per heavy atom. The number of ether oxygens (including phenoxy) is 2. The highest BCUT2D eigenvalue weighted by Gasteiger charge is 2.26. The average Bonchev–Trinajstić information content (AvgIpc) is 3.25. The minimum absolute atomic E-state index is 0.274. The molecular weight excluding hydrogens is 384 g/mol. The van der Waals surface area contributed by atoms with Gasteiger partial charge in [0.05, 0.1) is 19.7 Å². The summed E-state index contributed by atoms with van der Waals surface area (Å²) in [6, 6.07) is 5.83. The first kappa shape index (κ1) is 19.7. The number of methoxy groups -OCH3 is 2. The van der Waals surface area contributed by atoms with Crippen LogP contribution in [0, 0.1) is 0 Å². The number of nitrogens with one attached hydrogen (secondary N) is 2. The molecule has 1 unspecified atom stereocenters. The average molecular weight is 410 g/mol. The molecule has 10 heteroatoms. The summed E-state index contributed by atoms with van der Waals surface area (Å²) in [5, 5.41) is 7.12. The molecule has 1 atom stereocenters. The first-order valence-corrected chi connectivity index (χ1v) is 9.82. The summed E-state index contributed by atoms with van der Waals surface area (Å²) in [5.74, 6) is 3.77. The van der Waals surface area contributed by atoms with Gasteiger partial charge in [0.15, 0.2) is 11.5 Å². The number of fused-ring (bicyclic) bond motifs is 1. The molecule has 0 radical (unpaired) electrons. The van der Waals surface area contributed by atoms with Gasteiger partial charge in [-0.25, -0.2) is 15.0 Å². The van der Waals surface area contributed by atoms with Crippen LogP contribution in [0.3, 0.4) is 0 Å². The highest BCUT2D eigenvalue weighted by atomic mass is 16.5. The normalized spacial score (nSPS) is 16.0. The van der Waals surface area contributed by atoms with E-state index in [1.807, 2.05) is 13.1 Å². The van der Waals surface area contributed by atoms with Gasteiger partial charge in [0, 0.05) is 43.7 Å². The maximum atomic E-state index is 6.18. The molecule has 2 aromatic heterocycles. The number of anilines is 4. The standard InChI is InChI=1S/C20H26N8O2/c1-22-17-9-18(25-11-24-17)28-6-4-5-12(28)10-23-20-26-14-8-16(30-3)15(29-2)7-13(14)19(21)27-20/h7-9,11-12H,4-6,10H2,1-3H3,(H,22,24,25)(H3,21,23,26,27). The first-order valence-electron chi connectivity index (χ1n) is 9.82. The molecule has 4 rings (SSSR count). The van der Waals surface area contributed by atoms with Crippen LogP contribution < -0.4 is 30.7 Å². The van der Waals surface area contributed by atoms with Crippen molar-refractivity contribution in [2.24, 2.45) is 0 Å². The van der Waals surface area contributed by atoms with Crippen molar-refractivity contribution < 1.29 is 9.47 Å². The number of aromatic nitrogens is 4. The second-order valence-electron chi connectivity index (χ2n) is 7.04. The highest BCUT2D eigenvalue weighted by molar-refractivity contribution is 5.91. The molecular formula is C20H26N8O2. The third-order valence-electron chi connectivity index (χ3n) is 5.31. The van der Waals surface area contributed by atoms with E-state index in [2.05, 4.69) is 35.5 Å². The molecule has 10 nitrogen and oxygen atoms in total. The second-order valence-corrected chi connectivity index (χ2v) is 7.04. The molecule has 30 heavy (non-hydrogen) atoms. The van der Waals surface area contributed by atoms with Gasteiger partial charge in [-0.05, 0) is 18.9 Å². The molecule has 1 aliphatic rings. The van der Waals surface area contributed by atoms with Crippen molar-refractivity contribution in [3.05, 3.63) is 24.5 Å². The van der Waals surface area contributed by atoms with Crippen molar-refractivity contribution in [3.63, 3.8) is 0 Å². The van der Waals surface area contributed by atoms with Crippen molar-refractivity contribution in [1.82, 2.24) is 19.9 Å². The molecule has 158 valence electrons. The Bertz CT molecular complexity index is 1040. The van der Waals surface area contributed by atoms with E-state index in [4.69, 9.17) is 15.2 Å². The lowest BCUT2D eigenvalue weighted by Crippen LogP contribution is -2.35. The van der Waals surface area contributed by atoms with Crippen LogP contribution in [0.1, 0.15) is 12.8 Å². The summed E-state index contributed by atoms with van der Waals surface area (Å²) in [4.78, 5) is 20.0. The van der Waals surface area contributed by atoms with Gasteiger partial charge in [0.2, 0.25) is 5.95 Å². The summed E-state index contributed by atoms with van der Waals surface area (Å²) in [6.45, 7) is 1.63. The van der Waals surface area contributed by atoms with Crippen LogP contribution in [-0.4, -0.2) is 60.3 Å². The van der Waals surface area contributed by atoms with Crippen LogP contribution in [0.2, 0.25) is 0 Å². The molecule has 1 aromatic carbocycles. The van der Waals surface area contributed by atoms with Gasteiger partial charge < -0.3 is 30.7 Å². The van der Waals surface area contributed by atoms with E-state index in [-0.39, 0.29) is 6.04 Å². The minimum Gasteiger partial charge on any atom is -0.493 e. The predicted molar refractivity (Wildman–Crippen MR) is 117 cm³/mol. The van der Waals surface area contributed by atoms with Crippen LogP contribution in [0.4, 0.5) is 23.4 Å². The molecule has 1 fully saturated rings. The summed E-state index contributed by atoms with van der Waals surface area (Å²) < 4.78 is 10.7. The molecule has 0 saturated carbocycles. The Labute approximate surface area is 174 Å². The summed E-state index contributed by atoms with van der Waals surface area (Å²) in [5.41, 5.74) is 6.88. The molecule has 3 heterocycles. The Morgan fingerprint density at radius 2 is 1.93 bits per heavy atom. The largest absolute Gasteiger partial charge is 0.493 e. The molecule has 4 N–H and O–H groups in total.